The number of nitrogens with zero attached hydrogens (tertiary/aromatic N) is 4. The molecule has 5 rings (SSSR count). The second-order valence-corrected chi connectivity index (χ2v) is 9.40. The summed E-state index contributed by atoms with van der Waals surface area (Å²) in [6, 6.07) is 14.3. The molecule has 0 fully saturated rings. The van der Waals surface area contributed by atoms with Gasteiger partial charge in [-0.2, -0.15) is 0 Å². The Bertz CT molecular complexity index is 1640. The topological polar surface area (TPSA) is 111 Å². The third kappa shape index (κ3) is 5.29. The summed E-state index contributed by atoms with van der Waals surface area (Å²) in [5, 5.41) is 5.60. The number of ether oxygens (including phenoxy) is 4. The SMILES string of the molecule is COC(=O)c1ccc(NN2C=NC=CC2n2c(Nc3c(Cl)c(OC)cc(OC)c3Cl)nc3ccccc32)c(OC)c1. The number of esters is 1. The predicted molar refractivity (Wildman–Crippen MR) is 159 cm³/mol. The smallest absolute Gasteiger partial charge is 0.337 e. The molecule has 4 aromatic rings. The number of aromatic nitrogens is 2. The van der Waals surface area contributed by atoms with Gasteiger partial charge in [0.15, 0.2) is 0 Å². The minimum absolute atomic E-state index is 0.267. The Kier molecular flexibility index (Phi) is 8.09. The zero-order valence-corrected chi connectivity index (χ0v) is 24.0. The van der Waals surface area contributed by atoms with E-state index in [0.717, 1.165) is 11.0 Å². The number of rotatable bonds is 9. The Balaban J connectivity index is 1.58. The van der Waals surface area contributed by atoms with Gasteiger partial charge in [-0.15, -0.1) is 0 Å². The second-order valence-electron chi connectivity index (χ2n) is 8.65. The predicted octanol–water partition coefficient (Wildman–Crippen LogP) is 6.28. The van der Waals surface area contributed by atoms with E-state index in [1.54, 1.807) is 41.8 Å². The van der Waals surface area contributed by atoms with Crippen LogP contribution in [0.2, 0.25) is 10.0 Å². The number of methoxy groups -OCH3 is 4. The maximum Gasteiger partial charge on any atom is 0.337 e. The molecule has 1 atom stereocenters. The number of hydrogen-bond donors (Lipinski definition) is 2. The average Bonchev–Trinajstić information content (AvgIpc) is 3.37. The Hall–Kier alpha value is -4.61. The molecule has 41 heavy (non-hydrogen) atoms. The van der Waals surface area contributed by atoms with E-state index in [2.05, 4.69) is 15.7 Å². The monoisotopic (exact) mass is 596 g/mol. The highest BCUT2D eigenvalue weighted by molar-refractivity contribution is 6.41. The number of hydrogen-bond acceptors (Lipinski definition) is 10. The number of benzene rings is 3. The number of aliphatic imine (C=N–C) groups is 1. The summed E-state index contributed by atoms with van der Waals surface area (Å²) in [6.45, 7) is 0. The van der Waals surface area contributed by atoms with Crippen LogP contribution in [0.25, 0.3) is 11.0 Å². The van der Waals surface area contributed by atoms with Crippen molar-refractivity contribution in [1.82, 2.24) is 14.6 Å². The Labute approximate surface area is 245 Å². The Morgan fingerprint density at radius 3 is 2.32 bits per heavy atom. The van der Waals surface area contributed by atoms with Crippen molar-refractivity contribution in [1.29, 1.82) is 0 Å². The van der Waals surface area contributed by atoms with E-state index in [0.29, 0.717) is 40.1 Å². The van der Waals surface area contributed by atoms with Crippen LogP contribution in [0.5, 0.6) is 17.2 Å². The Morgan fingerprint density at radius 2 is 1.63 bits per heavy atom. The van der Waals surface area contributed by atoms with Crippen molar-refractivity contribution < 1.29 is 23.7 Å². The minimum atomic E-state index is -0.475. The standard InChI is InChI=1S/C28H26Cl2N6O5/c1-38-20-13-16(27(37)41-4)9-10-18(20)34-35-15-31-12-11-23(35)36-19-8-6-5-7-17(19)32-28(36)33-26-24(29)21(39-2)14-22(40-3)25(26)30/h5-15,23,34H,1-4H3,(H,32,33). The molecule has 212 valence electrons. The molecule has 11 nitrogen and oxygen atoms in total. The van der Waals surface area contributed by atoms with Crippen molar-refractivity contribution in [3.05, 3.63) is 76.4 Å². The highest BCUT2D eigenvalue weighted by atomic mass is 35.5. The summed E-state index contributed by atoms with van der Waals surface area (Å²) in [5.41, 5.74) is 6.19. The number of carbonyl (C=O) groups excluding carboxylic acids is 1. The van der Waals surface area contributed by atoms with Gasteiger partial charge >= 0.3 is 5.97 Å². The van der Waals surface area contributed by atoms with Gasteiger partial charge in [0.1, 0.15) is 39.8 Å². The molecule has 2 heterocycles. The molecule has 1 aromatic heterocycles. The van der Waals surface area contributed by atoms with Crippen LogP contribution >= 0.6 is 23.2 Å². The number of anilines is 3. The third-order valence-electron chi connectivity index (χ3n) is 6.36. The van der Waals surface area contributed by atoms with E-state index in [-0.39, 0.29) is 10.0 Å². The number of para-hydroxylation sites is 2. The van der Waals surface area contributed by atoms with Crippen molar-refractivity contribution in [2.24, 2.45) is 4.99 Å². The fourth-order valence-electron chi connectivity index (χ4n) is 4.38. The first-order valence-corrected chi connectivity index (χ1v) is 13.0. The van der Waals surface area contributed by atoms with E-state index in [1.807, 2.05) is 34.9 Å². The number of halogens is 2. The van der Waals surface area contributed by atoms with Gasteiger partial charge in [-0.05, 0) is 36.4 Å². The van der Waals surface area contributed by atoms with Crippen molar-refractivity contribution in [2.45, 2.75) is 6.17 Å². The van der Waals surface area contributed by atoms with E-state index >= 15 is 0 Å². The van der Waals surface area contributed by atoms with Crippen LogP contribution in [0.3, 0.4) is 0 Å². The summed E-state index contributed by atoms with van der Waals surface area (Å²) in [4.78, 5) is 21.2. The molecule has 0 amide bonds. The van der Waals surface area contributed by atoms with Crippen molar-refractivity contribution in [2.75, 3.05) is 39.2 Å². The average molecular weight is 597 g/mol. The Morgan fingerprint density at radius 1 is 0.927 bits per heavy atom. The van der Waals surface area contributed by atoms with Gasteiger partial charge in [0.05, 0.1) is 56.4 Å². The fraction of sp³-hybridized carbons (Fsp3) is 0.179. The first kappa shape index (κ1) is 27.9. The number of imidazole rings is 1. The molecule has 0 spiro atoms. The minimum Gasteiger partial charge on any atom is -0.495 e. The van der Waals surface area contributed by atoms with Crippen LogP contribution in [0.4, 0.5) is 17.3 Å². The zero-order chi connectivity index (χ0) is 29.1. The van der Waals surface area contributed by atoms with Crippen molar-refractivity contribution in [3.8, 4) is 17.2 Å². The van der Waals surface area contributed by atoms with Crippen LogP contribution in [0.15, 0.2) is 65.8 Å². The molecule has 1 aliphatic heterocycles. The molecule has 0 radical (unpaired) electrons. The normalized spacial score (nSPS) is 14.2. The van der Waals surface area contributed by atoms with Crippen LogP contribution in [-0.2, 0) is 4.74 Å². The van der Waals surface area contributed by atoms with E-state index in [4.69, 9.17) is 47.1 Å². The molecule has 0 saturated carbocycles. The fourth-order valence-corrected chi connectivity index (χ4v) is 4.97. The molecular weight excluding hydrogens is 571 g/mol. The quantitative estimate of drug-likeness (QED) is 0.215. The summed E-state index contributed by atoms with van der Waals surface area (Å²) < 4.78 is 23.2. The summed E-state index contributed by atoms with van der Waals surface area (Å²) in [6.07, 6.45) is 4.73. The van der Waals surface area contributed by atoms with Gasteiger partial charge in [-0.1, -0.05) is 35.3 Å². The van der Waals surface area contributed by atoms with Crippen LogP contribution < -0.4 is 25.0 Å². The molecule has 0 bridgehead atoms. The molecule has 13 heteroatoms. The molecule has 2 N–H and O–H groups in total. The number of hydrazine groups is 1. The summed E-state index contributed by atoms with van der Waals surface area (Å²) >= 11 is 13.4. The lowest BCUT2D eigenvalue weighted by Crippen LogP contribution is -2.37. The molecule has 1 aliphatic rings. The summed E-state index contributed by atoms with van der Waals surface area (Å²) in [7, 11) is 5.86. The molecule has 0 aliphatic carbocycles. The number of carbonyl (C=O) groups is 1. The molecular formula is C28H26Cl2N6O5. The van der Waals surface area contributed by atoms with Crippen molar-refractivity contribution >= 4 is 63.9 Å². The number of nitrogens with one attached hydrogen (secondary N) is 2. The maximum absolute atomic E-state index is 12.0. The van der Waals surface area contributed by atoms with Gasteiger partial charge in [0.2, 0.25) is 5.95 Å². The maximum atomic E-state index is 12.0. The highest BCUT2D eigenvalue weighted by Crippen LogP contribution is 2.45. The lowest BCUT2D eigenvalue weighted by atomic mass is 10.2. The molecule has 0 saturated heterocycles. The van der Waals surface area contributed by atoms with Crippen LogP contribution in [-0.4, -0.2) is 55.3 Å². The van der Waals surface area contributed by atoms with E-state index in [9.17, 15) is 4.79 Å². The first-order valence-electron chi connectivity index (χ1n) is 12.3. The molecule has 3 aromatic carbocycles. The number of fused-ring (bicyclic) bond motifs is 1. The summed E-state index contributed by atoms with van der Waals surface area (Å²) in [5.74, 6) is 1.17. The third-order valence-corrected chi connectivity index (χ3v) is 7.11. The van der Waals surface area contributed by atoms with Crippen LogP contribution in [0, 0.1) is 0 Å². The van der Waals surface area contributed by atoms with E-state index < -0.39 is 12.1 Å². The molecule has 1 unspecified atom stereocenters. The second kappa shape index (κ2) is 11.9. The lowest BCUT2D eigenvalue weighted by molar-refractivity contribution is 0.0600. The van der Waals surface area contributed by atoms with Gasteiger partial charge in [0.25, 0.3) is 0 Å². The van der Waals surface area contributed by atoms with E-state index in [1.165, 1.54) is 28.4 Å². The van der Waals surface area contributed by atoms with Gasteiger partial charge in [-0.3, -0.25) is 9.99 Å². The van der Waals surface area contributed by atoms with Crippen molar-refractivity contribution in [3.63, 3.8) is 0 Å². The van der Waals surface area contributed by atoms with Crippen LogP contribution in [0.1, 0.15) is 16.5 Å². The van der Waals surface area contributed by atoms with Gasteiger partial charge < -0.3 is 24.3 Å². The highest BCUT2D eigenvalue weighted by Gasteiger charge is 2.27. The lowest BCUT2D eigenvalue weighted by Gasteiger charge is -2.33. The zero-order valence-electron chi connectivity index (χ0n) is 22.5. The van der Waals surface area contributed by atoms with Gasteiger partial charge in [-0.25, -0.2) is 19.8 Å². The first-order chi connectivity index (χ1) is 19.9. The largest absolute Gasteiger partial charge is 0.495 e. The van der Waals surface area contributed by atoms with Gasteiger partial charge in [0, 0.05) is 12.3 Å².